The van der Waals surface area contributed by atoms with Crippen LogP contribution in [0.25, 0.3) is 0 Å². The second-order valence-electron chi connectivity index (χ2n) is 5.57. The minimum atomic E-state index is 0.748. The number of hydrogen-bond acceptors (Lipinski definition) is 3. The van der Waals surface area contributed by atoms with Crippen LogP contribution >= 0.6 is 0 Å². The van der Waals surface area contributed by atoms with Crippen molar-refractivity contribution in [2.24, 2.45) is 13.0 Å². The number of hydrogen-bond donors (Lipinski definition) is 1. The van der Waals surface area contributed by atoms with E-state index in [4.69, 9.17) is 0 Å². The Morgan fingerprint density at radius 2 is 2.17 bits per heavy atom. The SMILES string of the molecule is CC(C)CNCCCCN(C)Cc1cnn(C)c1. The van der Waals surface area contributed by atoms with Gasteiger partial charge in [0.05, 0.1) is 6.20 Å². The molecule has 0 unspecified atom stereocenters. The Morgan fingerprint density at radius 3 is 2.78 bits per heavy atom. The first kappa shape index (κ1) is 15.2. The lowest BCUT2D eigenvalue weighted by Gasteiger charge is -2.15. The van der Waals surface area contributed by atoms with Gasteiger partial charge in [0.2, 0.25) is 0 Å². The third-order valence-corrected chi connectivity index (χ3v) is 2.91. The minimum Gasteiger partial charge on any atom is -0.316 e. The van der Waals surface area contributed by atoms with Gasteiger partial charge in [0, 0.05) is 25.4 Å². The molecule has 0 atom stereocenters. The summed E-state index contributed by atoms with van der Waals surface area (Å²) in [4.78, 5) is 2.36. The van der Waals surface area contributed by atoms with Crippen LogP contribution in [-0.2, 0) is 13.6 Å². The summed E-state index contributed by atoms with van der Waals surface area (Å²) in [6, 6.07) is 0. The molecule has 0 aromatic carbocycles. The van der Waals surface area contributed by atoms with Crippen LogP contribution in [0.15, 0.2) is 12.4 Å². The van der Waals surface area contributed by atoms with Gasteiger partial charge in [-0.05, 0) is 45.4 Å². The fourth-order valence-electron chi connectivity index (χ4n) is 1.97. The monoisotopic (exact) mass is 252 g/mol. The number of unbranched alkanes of at least 4 members (excludes halogenated alkanes) is 1. The lowest BCUT2D eigenvalue weighted by molar-refractivity contribution is 0.317. The molecule has 1 aromatic rings. The van der Waals surface area contributed by atoms with Crippen LogP contribution in [0.1, 0.15) is 32.3 Å². The molecule has 0 saturated heterocycles. The Bertz CT molecular complexity index is 319. The molecule has 104 valence electrons. The van der Waals surface area contributed by atoms with Gasteiger partial charge < -0.3 is 10.2 Å². The molecule has 1 aromatic heterocycles. The molecule has 1 heterocycles. The quantitative estimate of drug-likeness (QED) is 0.681. The highest BCUT2D eigenvalue weighted by Crippen LogP contribution is 2.02. The molecule has 0 bridgehead atoms. The van der Waals surface area contributed by atoms with Crippen LogP contribution in [0.5, 0.6) is 0 Å². The molecule has 0 saturated carbocycles. The normalized spacial score (nSPS) is 11.7. The lowest BCUT2D eigenvalue weighted by Crippen LogP contribution is -2.23. The van der Waals surface area contributed by atoms with Gasteiger partial charge in [-0.2, -0.15) is 5.10 Å². The predicted molar refractivity (Wildman–Crippen MR) is 76.5 cm³/mol. The van der Waals surface area contributed by atoms with E-state index in [1.165, 1.54) is 18.4 Å². The van der Waals surface area contributed by atoms with Gasteiger partial charge in [0.15, 0.2) is 0 Å². The summed E-state index contributed by atoms with van der Waals surface area (Å²) in [7, 11) is 4.14. The van der Waals surface area contributed by atoms with E-state index < -0.39 is 0 Å². The van der Waals surface area contributed by atoms with Crippen LogP contribution in [0.4, 0.5) is 0 Å². The van der Waals surface area contributed by atoms with Crippen molar-refractivity contribution >= 4 is 0 Å². The average Bonchev–Trinajstić information content (AvgIpc) is 2.68. The summed E-state index contributed by atoms with van der Waals surface area (Å²) in [5, 5.41) is 7.67. The third-order valence-electron chi connectivity index (χ3n) is 2.91. The number of nitrogens with zero attached hydrogens (tertiary/aromatic N) is 3. The van der Waals surface area contributed by atoms with Gasteiger partial charge in [-0.1, -0.05) is 13.8 Å². The van der Waals surface area contributed by atoms with Crippen molar-refractivity contribution in [3.8, 4) is 0 Å². The molecular weight excluding hydrogens is 224 g/mol. The zero-order chi connectivity index (χ0) is 13.4. The molecule has 0 aliphatic heterocycles. The Hall–Kier alpha value is -0.870. The van der Waals surface area contributed by atoms with Crippen molar-refractivity contribution in [2.45, 2.75) is 33.2 Å². The molecule has 4 heteroatoms. The zero-order valence-electron chi connectivity index (χ0n) is 12.3. The van der Waals surface area contributed by atoms with E-state index in [2.05, 4.69) is 42.4 Å². The molecule has 4 nitrogen and oxygen atoms in total. The molecule has 0 radical (unpaired) electrons. The maximum atomic E-state index is 4.19. The summed E-state index contributed by atoms with van der Waals surface area (Å²) >= 11 is 0. The Labute approximate surface area is 111 Å². The summed E-state index contributed by atoms with van der Waals surface area (Å²) in [6.45, 7) is 8.90. The average molecular weight is 252 g/mol. The molecular formula is C14H28N4. The second-order valence-corrected chi connectivity index (χ2v) is 5.57. The van der Waals surface area contributed by atoms with E-state index in [-0.39, 0.29) is 0 Å². The fraction of sp³-hybridized carbons (Fsp3) is 0.786. The highest BCUT2D eigenvalue weighted by Gasteiger charge is 2.02. The molecule has 0 spiro atoms. The molecule has 0 amide bonds. The Kier molecular flexibility index (Phi) is 6.98. The largest absolute Gasteiger partial charge is 0.316 e. The van der Waals surface area contributed by atoms with Crippen LogP contribution in [0.3, 0.4) is 0 Å². The van der Waals surface area contributed by atoms with Crippen molar-refractivity contribution < 1.29 is 0 Å². The number of nitrogens with one attached hydrogen (secondary N) is 1. The van der Waals surface area contributed by atoms with Crippen LogP contribution in [0.2, 0.25) is 0 Å². The van der Waals surface area contributed by atoms with Gasteiger partial charge in [0.1, 0.15) is 0 Å². The summed E-state index contributed by atoms with van der Waals surface area (Å²) < 4.78 is 1.86. The van der Waals surface area contributed by atoms with Gasteiger partial charge in [-0.15, -0.1) is 0 Å². The van der Waals surface area contributed by atoms with Crippen LogP contribution in [0, 0.1) is 5.92 Å². The first-order chi connectivity index (χ1) is 8.58. The molecule has 0 fully saturated rings. The Balaban J connectivity index is 2.01. The summed E-state index contributed by atoms with van der Waals surface area (Å²) in [6.07, 6.45) is 6.54. The Morgan fingerprint density at radius 1 is 1.39 bits per heavy atom. The topological polar surface area (TPSA) is 33.1 Å². The van der Waals surface area contributed by atoms with Crippen molar-refractivity contribution in [1.29, 1.82) is 0 Å². The maximum absolute atomic E-state index is 4.19. The van der Waals surface area contributed by atoms with E-state index in [9.17, 15) is 0 Å². The number of rotatable bonds is 9. The highest BCUT2D eigenvalue weighted by molar-refractivity contribution is 5.02. The first-order valence-electron chi connectivity index (χ1n) is 6.94. The first-order valence-corrected chi connectivity index (χ1v) is 6.94. The van der Waals surface area contributed by atoms with Gasteiger partial charge in [-0.3, -0.25) is 4.68 Å². The minimum absolute atomic E-state index is 0.748. The molecule has 18 heavy (non-hydrogen) atoms. The van der Waals surface area contributed by atoms with E-state index >= 15 is 0 Å². The van der Waals surface area contributed by atoms with E-state index in [0.717, 1.165) is 32.1 Å². The lowest BCUT2D eigenvalue weighted by atomic mass is 10.2. The van der Waals surface area contributed by atoms with E-state index in [0.29, 0.717) is 0 Å². The summed E-state index contributed by atoms with van der Waals surface area (Å²) in [5.41, 5.74) is 1.29. The molecule has 1 rings (SSSR count). The van der Waals surface area contributed by atoms with E-state index in [1.54, 1.807) is 0 Å². The highest BCUT2D eigenvalue weighted by atomic mass is 15.2. The number of aromatic nitrogens is 2. The maximum Gasteiger partial charge on any atom is 0.0534 e. The predicted octanol–water partition coefficient (Wildman–Crippen LogP) is 1.88. The smallest absolute Gasteiger partial charge is 0.0534 e. The second kappa shape index (κ2) is 8.27. The summed E-state index contributed by atoms with van der Waals surface area (Å²) in [5.74, 6) is 0.748. The van der Waals surface area contributed by atoms with Gasteiger partial charge >= 0.3 is 0 Å². The van der Waals surface area contributed by atoms with Crippen molar-refractivity contribution in [2.75, 3.05) is 26.7 Å². The third kappa shape index (κ3) is 6.77. The van der Waals surface area contributed by atoms with Gasteiger partial charge in [-0.25, -0.2) is 0 Å². The molecule has 0 aliphatic rings. The van der Waals surface area contributed by atoms with Crippen LogP contribution in [-0.4, -0.2) is 41.4 Å². The van der Waals surface area contributed by atoms with Crippen molar-refractivity contribution in [1.82, 2.24) is 20.0 Å². The standard InChI is InChI=1S/C14H28N4/c1-13(2)9-15-7-5-6-8-17(3)11-14-10-16-18(4)12-14/h10,12-13,15H,5-9,11H2,1-4H3. The number of aryl methyl sites for hydroxylation is 1. The zero-order valence-corrected chi connectivity index (χ0v) is 12.3. The van der Waals surface area contributed by atoms with Crippen molar-refractivity contribution in [3.63, 3.8) is 0 Å². The van der Waals surface area contributed by atoms with E-state index in [1.807, 2.05) is 17.9 Å². The molecule has 1 N–H and O–H groups in total. The van der Waals surface area contributed by atoms with Gasteiger partial charge in [0.25, 0.3) is 0 Å². The van der Waals surface area contributed by atoms with Crippen LogP contribution < -0.4 is 5.32 Å². The molecule has 0 aliphatic carbocycles. The van der Waals surface area contributed by atoms with Crippen molar-refractivity contribution in [3.05, 3.63) is 18.0 Å². The fourth-order valence-corrected chi connectivity index (χ4v) is 1.97.